The number of benzene rings is 3. The third kappa shape index (κ3) is 3.23. The van der Waals surface area contributed by atoms with Gasteiger partial charge in [0, 0.05) is 45.4 Å². The Labute approximate surface area is 178 Å². The second-order valence-electron chi connectivity index (χ2n) is 7.34. The normalized spacial score (nSPS) is 15.8. The third-order valence-corrected chi connectivity index (χ3v) is 6.72. The summed E-state index contributed by atoms with van der Waals surface area (Å²) in [5.74, 6) is -0.295. The summed E-state index contributed by atoms with van der Waals surface area (Å²) in [6.07, 6.45) is 0.125. The molecule has 2 heterocycles. The number of carbonyl (C=O) groups is 2. The molecule has 1 atom stereocenters. The first-order valence-corrected chi connectivity index (χ1v) is 10.9. The number of nitrogens with one attached hydrogen (secondary N) is 2. The van der Waals surface area contributed by atoms with E-state index in [1.165, 1.54) is 22.7 Å². The van der Waals surface area contributed by atoms with E-state index in [1.54, 1.807) is 0 Å². The summed E-state index contributed by atoms with van der Waals surface area (Å²) in [4.78, 5) is 26.1. The van der Waals surface area contributed by atoms with Crippen LogP contribution in [0.1, 0.15) is 13.3 Å². The molecule has 4 aromatic rings. The number of aromatic nitrogens is 1. The molecule has 0 fully saturated rings. The lowest BCUT2D eigenvalue weighted by atomic mass is 10.1. The first-order chi connectivity index (χ1) is 14.6. The number of anilines is 2. The van der Waals surface area contributed by atoms with E-state index in [-0.39, 0.29) is 18.2 Å². The second-order valence-corrected chi connectivity index (χ2v) is 8.58. The minimum atomic E-state index is -0.439. The summed E-state index contributed by atoms with van der Waals surface area (Å²) in [7, 11) is 0. The highest BCUT2D eigenvalue weighted by atomic mass is 32.2. The number of thioether (sulfide) groups is 1. The Morgan fingerprint density at radius 2 is 1.80 bits per heavy atom. The number of amides is 2. The van der Waals surface area contributed by atoms with Crippen molar-refractivity contribution in [1.29, 1.82) is 0 Å². The van der Waals surface area contributed by atoms with Crippen molar-refractivity contribution in [3.63, 3.8) is 0 Å². The van der Waals surface area contributed by atoms with Crippen LogP contribution < -0.4 is 10.6 Å². The Morgan fingerprint density at radius 3 is 2.67 bits per heavy atom. The largest absolute Gasteiger partial charge is 0.341 e. The van der Waals surface area contributed by atoms with Gasteiger partial charge in [-0.1, -0.05) is 30.3 Å². The predicted molar refractivity (Wildman–Crippen MR) is 123 cm³/mol. The van der Waals surface area contributed by atoms with Gasteiger partial charge >= 0.3 is 0 Å². The van der Waals surface area contributed by atoms with E-state index in [2.05, 4.69) is 34.3 Å². The summed E-state index contributed by atoms with van der Waals surface area (Å²) in [5.41, 5.74) is 3.89. The summed E-state index contributed by atoms with van der Waals surface area (Å²) in [6, 6.07) is 21.9. The topological polar surface area (TPSA) is 63.1 Å². The number of rotatable bonds is 4. The molecule has 0 unspecified atom stereocenters. The predicted octanol–water partition coefficient (Wildman–Crippen LogP) is 5.26. The van der Waals surface area contributed by atoms with Crippen LogP contribution in [0.5, 0.6) is 0 Å². The summed E-state index contributed by atoms with van der Waals surface area (Å²) in [6.45, 7) is 3.01. The van der Waals surface area contributed by atoms with Gasteiger partial charge in [-0.2, -0.15) is 0 Å². The number of aryl methyl sites for hydroxylation is 1. The van der Waals surface area contributed by atoms with E-state index >= 15 is 0 Å². The van der Waals surface area contributed by atoms with Crippen molar-refractivity contribution < 1.29 is 9.59 Å². The van der Waals surface area contributed by atoms with Gasteiger partial charge in [-0.3, -0.25) is 9.59 Å². The van der Waals surface area contributed by atoms with Gasteiger partial charge in [0.2, 0.25) is 11.8 Å². The Kier molecular flexibility index (Phi) is 4.71. The molecule has 1 aromatic heterocycles. The molecule has 0 radical (unpaired) electrons. The molecule has 0 aliphatic carbocycles. The van der Waals surface area contributed by atoms with Crippen molar-refractivity contribution in [2.45, 2.75) is 30.0 Å². The SMILES string of the molecule is CCn1c2ccccc2c2cc(NC(=O)C[C@@H]3Sc4ccccc4NC3=O)ccc21. The van der Waals surface area contributed by atoms with Crippen LogP contribution in [0.3, 0.4) is 0 Å². The number of carbonyl (C=O) groups excluding carboxylic acids is 2. The zero-order valence-electron chi connectivity index (χ0n) is 16.5. The highest BCUT2D eigenvalue weighted by Gasteiger charge is 2.28. The lowest BCUT2D eigenvalue weighted by Gasteiger charge is -2.23. The smallest absolute Gasteiger partial charge is 0.238 e. The second kappa shape index (κ2) is 7.54. The van der Waals surface area contributed by atoms with Crippen LogP contribution in [0.4, 0.5) is 11.4 Å². The van der Waals surface area contributed by atoms with Gasteiger partial charge in [0.05, 0.1) is 10.9 Å². The van der Waals surface area contributed by atoms with E-state index in [4.69, 9.17) is 0 Å². The molecule has 2 amide bonds. The standard InChI is InChI=1S/C24H21N3O2S/c1-2-27-19-9-5-3-7-16(19)17-13-15(11-12-20(17)27)25-23(28)14-22-24(29)26-18-8-4-6-10-21(18)30-22/h3-13,22H,2,14H2,1H3,(H,25,28)(H,26,29)/t22-/m0/s1. The Bertz CT molecular complexity index is 1290. The fraction of sp³-hybridized carbons (Fsp3) is 0.167. The van der Waals surface area contributed by atoms with Crippen molar-refractivity contribution in [3.05, 3.63) is 66.7 Å². The molecule has 1 aliphatic rings. The zero-order valence-corrected chi connectivity index (χ0v) is 17.3. The molecule has 5 nitrogen and oxygen atoms in total. The number of fused-ring (bicyclic) bond motifs is 4. The molecule has 0 bridgehead atoms. The van der Waals surface area contributed by atoms with Gasteiger partial charge in [-0.05, 0) is 43.3 Å². The van der Waals surface area contributed by atoms with Gasteiger partial charge < -0.3 is 15.2 Å². The van der Waals surface area contributed by atoms with Crippen molar-refractivity contribution >= 4 is 56.8 Å². The number of hydrogen-bond acceptors (Lipinski definition) is 3. The van der Waals surface area contributed by atoms with Crippen LogP contribution in [-0.2, 0) is 16.1 Å². The number of para-hydroxylation sites is 2. The van der Waals surface area contributed by atoms with E-state index in [9.17, 15) is 9.59 Å². The molecule has 3 aromatic carbocycles. The van der Waals surface area contributed by atoms with Gasteiger partial charge in [0.15, 0.2) is 0 Å². The van der Waals surface area contributed by atoms with E-state index in [0.717, 1.165) is 33.7 Å². The lowest BCUT2D eigenvalue weighted by Crippen LogP contribution is -2.32. The van der Waals surface area contributed by atoms with Gasteiger partial charge in [-0.15, -0.1) is 11.8 Å². The van der Waals surface area contributed by atoms with E-state index in [1.807, 2.05) is 54.6 Å². The maximum Gasteiger partial charge on any atom is 0.238 e. The maximum atomic E-state index is 12.7. The van der Waals surface area contributed by atoms with Crippen LogP contribution >= 0.6 is 11.8 Å². The van der Waals surface area contributed by atoms with Gasteiger partial charge in [0.25, 0.3) is 0 Å². The molecule has 6 heteroatoms. The average molecular weight is 416 g/mol. The molecular weight excluding hydrogens is 394 g/mol. The first-order valence-electron chi connectivity index (χ1n) is 10.0. The molecule has 0 saturated heterocycles. The molecule has 0 saturated carbocycles. The average Bonchev–Trinajstić information content (AvgIpc) is 3.07. The molecule has 0 spiro atoms. The van der Waals surface area contributed by atoms with E-state index < -0.39 is 5.25 Å². The van der Waals surface area contributed by atoms with Crippen LogP contribution in [-0.4, -0.2) is 21.6 Å². The Morgan fingerprint density at radius 1 is 1.03 bits per heavy atom. The van der Waals surface area contributed by atoms with Gasteiger partial charge in [-0.25, -0.2) is 0 Å². The van der Waals surface area contributed by atoms with Crippen molar-refractivity contribution in [1.82, 2.24) is 4.57 Å². The molecule has 5 rings (SSSR count). The third-order valence-electron chi connectivity index (χ3n) is 5.45. The highest BCUT2D eigenvalue weighted by Crippen LogP contribution is 2.37. The first kappa shape index (κ1) is 18.8. The van der Waals surface area contributed by atoms with E-state index in [0.29, 0.717) is 0 Å². The van der Waals surface area contributed by atoms with Crippen molar-refractivity contribution in [2.75, 3.05) is 10.6 Å². The zero-order chi connectivity index (χ0) is 20.7. The maximum absolute atomic E-state index is 12.7. The fourth-order valence-corrected chi connectivity index (χ4v) is 5.19. The van der Waals surface area contributed by atoms with Gasteiger partial charge in [0.1, 0.15) is 0 Å². The highest BCUT2D eigenvalue weighted by molar-refractivity contribution is 8.01. The van der Waals surface area contributed by atoms with Crippen LogP contribution in [0.2, 0.25) is 0 Å². The Hall–Kier alpha value is -3.25. The van der Waals surface area contributed by atoms with Crippen LogP contribution in [0.25, 0.3) is 21.8 Å². The molecular formula is C24H21N3O2S. The quantitative estimate of drug-likeness (QED) is 0.478. The molecule has 1 aliphatic heterocycles. The fourth-order valence-electron chi connectivity index (χ4n) is 4.08. The minimum absolute atomic E-state index is 0.125. The summed E-state index contributed by atoms with van der Waals surface area (Å²) < 4.78 is 2.27. The monoisotopic (exact) mass is 415 g/mol. The molecule has 30 heavy (non-hydrogen) atoms. The number of hydrogen-bond donors (Lipinski definition) is 2. The summed E-state index contributed by atoms with van der Waals surface area (Å²) >= 11 is 1.44. The van der Waals surface area contributed by atoms with Crippen molar-refractivity contribution in [2.24, 2.45) is 0 Å². The molecule has 2 N–H and O–H groups in total. The minimum Gasteiger partial charge on any atom is -0.341 e. The summed E-state index contributed by atoms with van der Waals surface area (Å²) in [5, 5.41) is 7.71. The van der Waals surface area contributed by atoms with Crippen molar-refractivity contribution in [3.8, 4) is 0 Å². The number of nitrogens with zero attached hydrogens (tertiary/aromatic N) is 1. The lowest BCUT2D eigenvalue weighted by molar-refractivity contribution is -0.120. The van der Waals surface area contributed by atoms with Crippen LogP contribution in [0, 0.1) is 0 Å². The molecule has 150 valence electrons. The van der Waals surface area contributed by atoms with Crippen LogP contribution in [0.15, 0.2) is 71.6 Å². The Balaban J connectivity index is 1.37.